The van der Waals surface area contributed by atoms with E-state index in [-0.39, 0.29) is 6.61 Å². The van der Waals surface area contributed by atoms with Crippen molar-refractivity contribution in [1.29, 1.82) is 0 Å². The fourth-order valence-corrected chi connectivity index (χ4v) is 1.32. The molecule has 0 aliphatic rings. The molecule has 0 atom stereocenters. The van der Waals surface area contributed by atoms with Gasteiger partial charge in [-0.05, 0) is 12.5 Å². The molecule has 0 unspecified atom stereocenters. The largest absolute Gasteiger partial charge is 0.392 e. The SMILES string of the molecule is Cc1cnc(-c2ccc(CO)cc2)cn1. The molecule has 1 N–H and O–H groups in total. The molecule has 0 aliphatic carbocycles. The van der Waals surface area contributed by atoms with E-state index in [1.54, 1.807) is 12.4 Å². The summed E-state index contributed by atoms with van der Waals surface area (Å²) in [5.74, 6) is 0. The number of nitrogens with zero attached hydrogens (tertiary/aromatic N) is 2. The van der Waals surface area contributed by atoms with Gasteiger partial charge in [0.15, 0.2) is 0 Å². The van der Waals surface area contributed by atoms with Gasteiger partial charge >= 0.3 is 0 Å². The third-order valence-corrected chi connectivity index (χ3v) is 2.21. The quantitative estimate of drug-likeness (QED) is 0.805. The van der Waals surface area contributed by atoms with Crippen molar-refractivity contribution in [3.8, 4) is 11.3 Å². The molecule has 0 saturated heterocycles. The summed E-state index contributed by atoms with van der Waals surface area (Å²) in [6.45, 7) is 1.98. The van der Waals surface area contributed by atoms with Crippen LogP contribution in [0.1, 0.15) is 11.3 Å². The molecule has 0 spiro atoms. The number of hydrogen-bond acceptors (Lipinski definition) is 3. The van der Waals surface area contributed by atoms with Crippen LogP contribution in [0.5, 0.6) is 0 Å². The molecule has 0 bridgehead atoms. The summed E-state index contributed by atoms with van der Waals surface area (Å²) < 4.78 is 0. The van der Waals surface area contributed by atoms with Gasteiger partial charge in [-0.15, -0.1) is 0 Å². The molecule has 1 aromatic carbocycles. The highest BCUT2D eigenvalue weighted by Gasteiger charge is 1.99. The molecule has 0 amide bonds. The van der Waals surface area contributed by atoms with Gasteiger partial charge in [0.2, 0.25) is 0 Å². The molecule has 1 heterocycles. The Morgan fingerprint density at radius 1 is 1.07 bits per heavy atom. The maximum atomic E-state index is 8.91. The number of rotatable bonds is 2. The topological polar surface area (TPSA) is 46.0 Å². The minimum atomic E-state index is 0.0693. The van der Waals surface area contributed by atoms with E-state index < -0.39 is 0 Å². The van der Waals surface area contributed by atoms with Crippen LogP contribution in [0, 0.1) is 6.92 Å². The van der Waals surface area contributed by atoms with Crippen molar-refractivity contribution >= 4 is 0 Å². The molecule has 1 aromatic heterocycles. The van der Waals surface area contributed by atoms with Crippen LogP contribution < -0.4 is 0 Å². The van der Waals surface area contributed by atoms with Crippen LogP contribution in [0.25, 0.3) is 11.3 Å². The first-order chi connectivity index (χ1) is 7.29. The van der Waals surface area contributed by atoms with Crippen LogP contribution in [-0.4, -0.2) is 15.1 Å². The number of aliphatic hydroxyl groups excluding tert-OH is 1. The number of aromatic nitrogens is 2. The van der Waals surface area contributed by atoms with Gasteiger partial charge in [0, 0.05) is 11.8 Å². The van der Waals surface area contributed by atoms with E-state index in [4.69, 9.17) is 5.11 Å². The third-order valence-electron chi connectivity index (χ3n) is 2.21. The van der Waals surface area contributed by atoms with Crippen molar-refractivity contribution < 1.29 is 5.11 Å². The van der Waals surface area contributed by atoms with E-state index in [2.05, 4.69) is 9.97 Å². The highest BCUT2D eigenvalue weighted by Crippen LogP contribution is 2.16. The zero-order chi connectivity index (χ0) is 10.7. The standard InChI is InChI=1S/C12H12N2O/c1-9-6-14-12(7-13-9)11-4-2-10(8-15)3-5-11/h2-7,15H,8H2,1H3. The second-order valence-corrected chi connectivity index (χ2v) is 3.40. The molecule has 76 valence electrons. The van der Waals surface area contributed by atoms with Gasteiger partial charge in [-0.25, -0.2) is 0 Å². The van der Waals surface area contributed by atoms with Crippen molar-refractivity contribution in [2.75, 3.05) is 0 Å². The van der Waals surface area contributed by atoms with E-state index in [1.165, 1.54) is 0 Å². The first-order valence-electron chi connectivity index (χ1n) is 4.78. The molecule has 15 heavy (non-hydrogen) atoms. The fourth-order valence-electron chi connectivity index (χ4n) is 1.32. The highest BCUT2D eigenvalue weighted by atomic mass is 16.3. The molecule has 3 nitrogen and oxygen atoms in total. The summed E-state index contributed by atoms with van der Waals surface area (Å²) >= 11 is 0. The van der Waals surface area contributed by atoms with E-state index in [9.17, 15) is 0 Å². The molecule has 0 aliphatic heterocycles. The van der Waals surface area contributed by atoms with Crippen molar-refractivity contribution in [1.82, 2.24) is 9.97 Å². The van der Waals surface area contributed by atoms with E-state index >= 15 is 0 Å². The summed E-state index contributed by atoms with van der Waals surface area (Å²) in [6, 6.07) is 7.64. The lowest BCUT2D eigenvalue weighted by Crippen LogP contribution is -1.88. The predicted octanol–water partition coefficient (Wildman–Crippen LogP) is 1.94. The van der Waals surface area contributed by atoms with Gasteiger partial charge in [0.05, 0.1) is 24.2 Å². The number of hydrogen-bond donors (Lipinski definition) is 1. The van der Waals surface area contributed by atoms with E-state index in [0.29, 0.717) is 0 Å². The molecule has 0 fully saturated rings. The Labute approximate surface area is 88.5 Å². The Balaban J connectivity index is 2.33. The lowest BCUT2D eigenvalue weighted by molar-refractivity contribution is 0.282. The lowest BCUT2D eigenvalue weighted by atomic mass is 10.1. The molecule has 3 heteroatoms. The van der Waals surface area contributed by atoms with Crippen molar-refractivity contribution in [2.24, 2.45) is 0 Å². The van der Waals surface area contributed by atoms with Crippen LogP contribution >= 0.6 is 0 Å². The second kappa shape index (κ2) is 4.19. The molecule has 0 radical (unpaired) electrons. The number of aryl methyl sites for hydroxylation is 1. The van der Waals surface area contributed by atoms with Crippen LogP contribution in [0.3, 0.4) is 0 Å². The van der Waals surface area contributed by atoms with Crippen LogP contribution in [0.15, 0.2) is 36.7 Å². The van der Waals surface area contributed by atoms with Crippen molar-refractivity contribution in [3.63, 3.8) is 0 Å². The van der Waals surface area contributed by atoms with Crippen LogP contribution in [-0.2, 0) is 6.61 Å². The Kier molecular flexibility index (Phi) is 2.74. The van der Waals surface area contributed by atoms with Crippen molar-refractivity contribution in [2.45, 2.75) is 13.5 Å². The van der Waals surface area contributed by atoms with Gasteiger partial charge < -0.3 is 5.11 Å². The summed E-state index contributed by atoms with van der Waals surface area (Å²) in [6.07, 6.45) is 3.50. The first kappa shape index (κ1) is 9.80. The van der Waals surface area contributed by atoms with Gasteiger partial charge in [-0.2, -0.15) is 0 Å². The van der Waals surface area contributed by atoms with Gasteiger partial charge in [-0.1, -0.05) is 24.3 Å². The average molecular weight is 200 g/mol. The molecular formula is C12H12N2O. The Bertz CT molecular complexity index is 434. The summed E-state index contributed by atoms with van der Waals surface area (Å²) in [5.41, 5.74) is 3.68. The Morgan fingerprint density at radius 3 is 2.33 bits per heavy atom. The van der Waals surface area contributed by atoms with Crippen LogP contribution in [0.2, 0.25) is 0 Å². The number of benzene rings is 1. The third kappa shape index (κ3) is 2.19. The number of aliphatic hydroxyl groups is 1. The fraction of sp³-hybridized carbons (Fsp3) is 0.167. The second-order valence-electron chi connectivity index (χ2n) is 3.40. The zero-order valence-electron chi connectivity index (χ0n) is 8.51. The normalized spacial score (nSPS) is 10.3. The van der Waals surface area contributed by atoms with Crippen molar-refractivity contribution in [3.05, 3.63) is 47.9 Å². The molecule has 0 saturated carbocycles. The lowest BCUT2D eigenvalue weighted by Gasteiger charge is -2.01. The van der Waals surface area contributed by atoms with E-state index in [1.807, 2.05) is 31.2 Å². The molecule has 2 rings (SSSR count). The Hall–Kier alpha value is -1.74. The smallest absolute Gasteiger partial charge is 0.0885 e. The van der Waals surface area contributed by atoms with Gasteiger partial charge in [0.1, 0.15) is 0 Å². The minimum Gasteiger partial charge on any atom is -0.392 e. The predicted molar refractivity (Wildman–Crippen MR) is 58.1 cm³/mol. The first-order valence-corrected chi connectivity index (χ1v) is 4.78. The maximum Gasteiger partial charge on any atom is 0.0885 e. The average Bonchev–Trinajstić information content (AvgIpc) is 2.30. The summed E-state index contributed by atoms with van der Waals surface area (Å²) in [4.78, 5) is 8.47. The minimum absolute atomic E-state index is 0.0693. The zero-order valence-corrected chi connectivity index (χ0v) is 8.51. The molecule has 2 aromatic rings. The maximum absolute atomic E-state index is 8.91. The van der Waals surface area contributed by atoms with Gasteiger partial charge in [-0.3, -0.25) is 9.97 Å². The molecular weight excluding hydrogens is 188 g/mol. The monoisotopic (exact) mass is 200 g/mol. The summed E-state index contributed by atoms with van der Waals surface area (Å²) in [7, 11) is 0. The Morgan fingerprint density at radius 2 is 1.80 bits per heavy atom. The summed E-state index contributed by atoms with van der Waals surface area (Å²) in [5, 5.41) is 8.91. The van der Waals surface area contributed by atoms with E-state index in [0.717, 1.165) is 22.5 Å². The van der Waals surface area contributed by atoms with Crippen LogP contribution in [0.4, 0.5) is 0 Å². The van der Waals surface area contributed by atoms with Gasteiger partial charge in [0.25, 0.3) is 0 Å². The highest BCUT2D eigenvalue weighted by molar-refractivity contribution is 5.58.